The maximum atomic E-state index is 12.6. The molecule has 0 spiro atoms. The second-order valence-corrected chi connectivity index (χ2v) is 7.46. The second-order valence-electron chi connectivity index (χ2n) is 7.46. The molecule has 0 radical (unpaired) electrons. The molecule has 2 aromatic carbocycles. The average molecular weight is 434 g/mol. The average Bonchev–Trinajstić information content (AvgIpc) is 2.74. The van der Waals surface area contributed by atoms with Gasteiger partial charge in [0.1, 0.15) is 59.1 Å². The zero-order chi connectivity index (χ0) is 22.3. The Kier molecular flexibility index (Phi) is 5.73. The van der Waals surface area contributed by atoms with Gasteiger partial charge in [0.2, 0.25) is 6.29 Å². The van der Waals surface area contributed by atoms with Gasteiger partial charge < -0.3 is 44.8 Å². The second kappa shape index (κ2) is 8.33. The molecule has 6 atom stereocenters. The molecule has 0 aromatic heterocycles. The van der Waals surface area contributed by atoms with Crippen molar-refractivity contribution in [3.8, 4) is 23.0 Å². The number of hydrogen-bond acceptors (Lipinski definition) is 10. The fraction of sp³-hybridized carbons (Fsp3) is 0.381. The van der Waals surface area contributed by atoms with Crippen LogP contribution in [0.25, 0.3) is 0 Å². The van der Waals surface area contributed by atoms with Gasteiger partial charge in [-0.05, 0) is 17.7 Å². The highest BCUT2D eigenvalue weighted by Crippen LogP contribution is 2.42. The molecule has 2 aromatic rings. The van der Waals surface area contributed by atoms with Crippen LogP contribution >= 0.6 is 0 Å². The zero-order valence-corrected chi connectivity index (χ0v) is 16.2. The number of aliphatic hydroxyl groups excluding tert-OH is 4. The number of benzene rings is 2. The number of aromatic hydroxyl groups is 2. The first-order valence-electron chi connectivity index (χ1n) is 9.61. The highest BCUT2D eigenvalue weighted by molar-refractivity contribution is 6.02. The van der Waals surface area contributed by atoms with Crippen molar-refractivity contribution < 1.29 is 49.6 Å². The first kappa shape index (κ1) is 21.3. The lowest BCUT2D eigenvalue weighted by atomic mass is 9.95. The summed E-state index contributed by atoms with van der Waals surface area (Å²) in [5, 5.41) is 59.0. The Morgan fingerprint density at radius 3 is 2.39 bits per heavy atom. The number of phenols is 2. The van der Waals surface area contributed by atoms with E-state index < -0.39 is 49.2 Å². The van der Waals surface area contributed by atoms with Crippen molar-refractivity contribution in [3.63, 3.8) is 0 Å². The van der Waals surface area contributed by atoms with Crippen LogP contribution in [0, 0.1) is 0 Å². The minimum Gasteiger partial charge on any atom is -0.508 e. The molecule has 10 heteroatoms. The van der Waals surface area contributed by atoms with Crippen LogP contribution < -0.4 is 9.47 Å². The summed E-state index contributed by atoms with van der Waals surface area (Å²) in [6.07, 6.45) is -8.09. The molecule has 0 aliphatic carbocycles. The Morgan fingerprint density at radius 1 is 1.00 bits per heavy atom. The summed E-state index contributed by atoms with van der Waals surface area (Å²) < 4.78 is 16.7. The Labute approximate surface area is 176 Å². The van der Waals surface area contributed by atoms with Crippen molar-refractivity contribution in [2.75, 3.05) is 6.61 Å². The lowest BCUT2D eigenvalue weighted by Crippen LogP contribution is -2.60. The topological polar surface area (TPSA) is 166 Å². The van der Waals surface area contributed by atoms with Gasteiger partial charge in [-0.3, -0.25) is 4.79 Å². The standard InChI is InChI=1S/C21H22O10/c22-8-16-18(26)19(27)20(28)21(31-16)29-11-5-12(24)17-13(25)7-14(30-15(17)6-11)9-1-3-10(23)4-2-9/h1-6,14,16,18-24,26-28H,7-8H2/t14-,16+,18+,19+,20-,21+/m0/s1. The van der Waals surface area contributed by atoms with Crippen molar-refractivity contribution in [2.24, 2.45) is 0 Å². The lowest BCUT2D eigenvalue weighted by Gasteiger charge is -2.39. The minimum absolute atomic E-state index is 0.0156. The maximum absolute atomic E-state index is 12.6. The van der Waals surface area contributed by atoms with E-state index in [0.29, 0.717) is 5.56 Å². The summed E-state index contributed by atoms with van der Waals surface area (Å²) in [6.45, 7) is -0.619. The number of phenolic OH excluding ortho intramolecular Hbond substituents is 2. The van der Waals surface area contributed by atoms with Crippen LogP contribution in [0.2, 0.25) is 0 Å². The van der Waals surface area contributed by atoms with E-state index in [2.05, 4.69) is 0 Å². The predicted octanol–water partition coefficient (Wildman–Crippen LogP) is -0.0170. The van der Waals surface area contributed by atoms with Gasteiger partial charge >= 0.3 is 0 Å². The van der Waals surface area contributed by atoms with Crippen molar-refractivity contribution >= 4 is 5.78 Å². The van der Waals surface area contributed by atoms with Crippen LogP contribution in [0.3, 0.4) is 0 Å². The van der Waals surface area contributed by atoms with E-state index in [1.54, 1.807) is 12.1 Å². The van der Waals surface area contributed by atoms with Crippen LogP contribution in [0.15, 0.2) is 36.4 Å². The molecule has 4 rings (SSSR count). The smallest absolute Gasteiger partial charge is 0.229 e. The maximum Gasteiger partial charge on any atom is 0.229 e. The quantitative estimate of drug-likeness (QED) is 0.385. The molecular weight excluding hydrogens is 412 g/mol. The fourth-order valence-corrected chi connectivity index (χ4v) is 3.66. The molecule has 0 saturated carbocycles. The van der Waals surface area contributed by atoms with Gasteiger partial charge in [0.25, 0.3) is 0 Å². The molecule has 31 heavy (non-hydrogen) atoms. The van der Waals surface area contributed by atoms with E-state index in [-0.39, 0.29) is 35.0 Å². The Hall–Kier alpha value is -2.89. The lowest BCUT2D eigenvalue weighted by molar-refractivity contribution is -0.277. The van der Waals surface area contributed by atoms with Crippen LogP contribution in [0.4, 0.5) is 0 Å². The zero-order valence-electron chi connectivity index (χ0n) is 16.2. The first-order chi connectivity index (χ1) is 14.8. The van der Waals surface area contributed by atoms with Crippen LogP contribution in [0.1, 0.15) is 28.4 Å². The SMILES string of the molecule is O=C1C[C@@H](c2ccc(O)cc2)Oc2cc(O[C@@H]3O[C@H](CO)[C@@H](O)[C@@H](O)[C@@H]3O)cc(O)c21. The van der Waals surface area contributed by atoms with E-state index in [0.717, 1.165) is 6.07 Å². The number of hydrogen-bond donors (Lipinski definition) is 6. The number of ketones is 1. The number of aliphatic hydroxyl groups is 4. The van der Waals surface area contributed by atoms with Gasteiger partial charge in [0.05, 0.1) is 13.0 Å². The molecule has 0 amide bonds. The summed E-state index contributed by atoms with van der Waals surface area (Å²) >= 11 is 0. The summed E-state index contributed by atoms with van der Waals surface area (Å²) in [5.74, 6) is -0.657. The van der Waals surface area contributed by atoms with Crippen molar-refractivity contribution in [1.29, 1.82) is 0 Å². The number of rotatable bonds is 4. The highest BCUT2D eigenvalue weighted by Gasteiger charge is 2.45. The van der Waals surface area contributed by atoms with Gasteiger partial charge in [-0.25, -0.2) is 0 Å². The number of carbonyl (C=O) groups excluding carboxylic acids is 1. The number of fused-ring (bicyclic) bond motifs is 1. The molecule has 6 N–H and O–H groups in total. The van der Waals surface area contributed by atoms with E-state index in [9.17, 15) is 35.4 Å². The third kappa shape index (κ3) is 4.03. The van der Waals surface area contributed by atoms with Crippen LogP contribution in [-0.4, -0.2) is 73.7 Å². The molecule has 1 saturated heterocycles. The minimum atomic E-state index is -1.64. The van der Waals surface area contributed by atoms with Gasteiger partial charge in [-0.2, -0.15) is 0 Å². The van der Waals surface area contributed by atoms with Crippen molar-refractivity contribution in [2.45, 2.75) is 43.2 Å². The summed E-state index contributed by atoms with van der Waals surface area (Å²) in [5.41, 5.74) is 0.632. The number of Topliss-reactive ketones (excluding diaryl/α,β-unsaturated/α-hetero) is 1. The largest absolute Gasteiger partial charge is 0.508 e. The van der Waals surface area contributed by atoms with Crippen molar-refractivity contribution in [3.05, 3.63) is 47.5 Å². The molecule has 166 valence electrons. The van der Waals surface area contributed by atoms with E-state index >= 15 is 0 Å². The van der Waals surface area contributed by atoms with E-state index in [1.165, 1.54) is 18.2 Å². The first-order valence-corrected chi connectivity index (χ1v) is 9.61. The highest BCUT2D eigenvalue weighted by atomic mass is 16.7. The summed E-state index contributed by atoms with van der Waals surface area (Å²) in [4.78, 5) is 12.6. The van der Waals surface area contributed by atoms with Gasteiger partial charge in [0, 0.05) is 12.1 Å². The van der Waals surface area contributed by atoms with Crippen LogP contribution in [-0.2, 0) is 4.74 Å². The third-order valence-corrected chi connectivity index (χ3v) is 5.34. The summed E-state index contributed by atoms with van der Waals surface area (Å²) in [6, 6.07) is 8.64. The molecule has 0 unspecified atom stereocenters. The monoisotopic (exact) mass is 434 g/mol. The molecular formula is C21H22O10. The molecule has 2 aliphatic rings. The van der Waals surface area contributed by atoms with E-state index in [4.69, 9.17) is 14.2 Å². The Morgan fingerprint density at radius 2 is 1.71 bits per heavy atom. The molecule has 2 heterocycles. The van der Waals surface area contributed by atoms with E-state index in [1.807, 2.05) is 0 Å². The Balaban J connectivity index is 1.59. The molecule has 10 nitrogen and oxygen atoms in total. The molecule has 0 bridgehead atoms. The number of ether oxygens (including phenoxy) is 3. The van der Waals surface area contributed by atoms with Gasteiger partial charge in [-0.1, -0.05) is 12.1 Å². The van der Waals surface area contributed by atoms with Crippen LogP contribution in [0.5, 0.6) is 23.0 Å². The molecule has 2 aliphatic heterocycles. The normalized spacial score (nSPS) is 30.4. The third-order valence-electron chi connectivity index (χ3n) is 5.34. The van der Waals surface area contributed by atoms with Gasteiger partial charge in [0.15, 0.2) is 5.78 Å². The summed E-state index contributed by atoms with van der Waals surface area (Å²) in [7, 11) is 0. The predicted molar refractivity (Wildman–Crippen MR) is 103 cm³/mol. The number of carbonyl (C=O) groups is 1. The Bertz CT molecular complexity index is 957. The fourth-order valence-electron chi connectivity index (χ4n) is 3.66. The molecule has 1 fully saturated rings. The van der Waals surface area contributed by atoms with Crippen molar-refractivity contribution in [1.82, 2.24) is 0 Å². The van der Waals surface area contributed by atoms with Gasteiger partial charge in [-0.15, -0.1) is 0 Å².